The molecule has 0 atom stereocenters. The Balaban J connectivity index is 2.51. The minimum absolute atomic E-state index is 0.214. The SMILES string of the molecule is CCN1C(=O)C(=NC(=O)N(C)C)c2ccccc21. The summed E-state index contributed by atoms with van der Waals surface area (Å²) in [6.45, 7) is 2.45. The molecular formula is C13H15N3O2. The molecule has 3 amide bonds. The molecule has 94 valence electrons. The number of hydrogen-bond acceptors (Lipinski definition) is 2. The Kier molecular flexibility index (Phi) is 3.14. The van der Waals surface area contributed by atoms with Crippen LogP contribution in [0.15, 0.2) is 29.3 Å². The van der Waals surface area contributed by atoms with Crippen LogP contribution < -0.4 is 4.90 Å². The van der Waals surface area contributed by atoms with E-state index in [1.807, 2.05) is 31.2 Å². The van der Waals surface area contributed by atoms with Crippen molar-refractivity contribution in [1.29, 1.82) is 0 Å². The van der Waals surface area contributed by atoms with E-state index in [0.717, 1.165) is 11.3 Å². The lowest BCUT2D eigenvalue weighted by atomic mass is 10.1. The number of likely N-dealkylation sites (N-methyl/N-ethyl adjacent to an activating group) is 1. The van der Waals surface area contributed by atoms with Crippen LogP contribution in [0.3, 0.4) is 0 Å². The topological polar surface area (TPSA) is 53.0 Å². The van der Waals surface area contributed by atoms with Crippen molar-refractivity contribution in [3.63, 3.8) is 0 Å². The molecule has 0 bridgehead atoms. The van der Waals surface area contributed by atoms with Crippen LogP contribution in [0, 0.1) is 0 Å². The number of nitrogens with zero attached hydrogens (tertiary/aromatic N) is 3. The van der Waals surface area contributed by atoms with E-state index in [-0.39, 0.29) is 11.6 Å². The first-order valence-corrected chi connectivity index (χ1v) is 5.77. The van der Waals surface area contributed by atoms with Crippen LogP contribution in [0.5, 0.6) is 0 Å². The van der Waals surface area contributed by atoms with Gasteiger partial charge in [-0.2, -0.15) is 4.99 Å². The van der Waals surface area contributed by atoms with E-state index in [1.54, 1.807) is 19.0 Å². The molecule has 0 aliphatic carbocycles. The first kappa shape index (κ1) is 12.3. The molecule has 2 rings (SSSR count). The highest BCUT2D eigenvalue weighted by molar-refractivity contribution is 6.55. The van der Waals surface area contributed by atoms with Gasteiger partial charge in [0.05, 0.1) is 5.69 Å². The molecule has 1 heterocycles. The van der Waals surface area contributed by atoms with Crippen LogP contribution >= 0.6 is 0 Å². The van der Waals surface area contributed by atoms with E-state index in [2.05, 4.69) is 4.99 Å². The number of benzene rings is 1. The Morgan fingerprint density at radius 2 is 2.00 bits per heavy atom. The third kappa shape index (κ3) is 1.88. The van der Waals surface area contributed by atoms with Crippen molar-refractivity contribution in [2.24, 2.45) is 4.99 Å². The number of aliphatic imine (C=N–C) groups is 1. The standard InChI is InChI=1S/C13H15N3O2/c1-4-16-10-8-6-5-7-9(10)11(12(16)17)14-13(18)15(2)3/h5-8H,4H2,1-3H3. The first-order chi connectivity index (χ1) is 8.56. The summed E-state index contributed by atoms with van der Waals surface area (Å²) < 4.78 is 0. The lowest BCUT2D eigenvalue weighted by molar-refractivity contribution is -0.112. The molecule has 5 nitrogen and oxygen atoms in total. The van der Waals surface area contributed by atoms with Gasteiger partial charge in [0.25, 0.3) is 5.91 Å². The fourth-order valence-electron chi connectivity index (χ4n) is 1.88. The Bertz CT molecular complexity index is 535. The van der Waals surface area contributed by atoms with E-state index in [4.69, 9.17) is 0 Å². The summed E-state index contributed by atoms with van der Waals surface area (Å²) >= 11 is 0. The van der Waals surface area contributed by atoms with Crippen molar-refractivity contribution in [2.75, 3.05) is 25.5 Å². The molecule has 1 aromatic rings. The molecule has 1 aliphatic rings. The molecule has 0 N–H and O–H groups in total. The van der Waals surface area contributed by atoms with Crippen molar-refractivity contribution < 1.29 is 9.59 Å². The second-order valence-electron chi connectivity index (χ2n) is 4.20. The summed E-state index contributed by atoms with van der Waals surface area (Å²) in [7, 11) is 3.21. The largest absolute Gasteiger partial charge is 0.343 e. The summed E-state index contributed by atoms with van der Waals surface area (Å²) in [5.41, 5.74) is 1.76. The minimum Gasteiger partial charge on any atom is -0.329 e. The van der Waals surface area contributed by atoms with Crippen molar-refractivity contribution >= 4 is 23.3 Å². The smallest absolute Gasteiger partial charge is 0.329 e. The van der Waals surface area contributed by atoms with Crippen LogP contribution in [-0.2, 0) is 4.79 Å². The molecule has 0 spiro atoms. The second kappa shape index (κ2) is 4.60. The lowest BCUT2D eigenvalue weighted by Crippen LogP contribution is -2.31. The molecule has 0 unspecified atom stereocenters. The number of carbonyl (C=O) groups excluding carboxylic acids is 2. The number of carbonyl (C=O) groups is 2. The molecule has 1 aliphatic heterocycles. The molecule has 0 radical (unpaired) electrons. The number of anilines is 1. The third-order valence-electron chi connectivity index (χ3n) is 2.80. The van der Waals surface area contributed by atoms with Crippen molar-refractivity contribution in [2.45, 2.75) is 6.92 Å². The van der Waals surface area contributed by atoms with Gasteiger partial charge in [-0.1, -0.05) is 18.2 Å². The van der Waals surface area contributed by atoms with Gasteiger partial charge in [-0.05, 0) is 13.0 Å². The molecule has 5 heteroatoms. The maximum atomic E-state index is 12.2. The van der Waals surface area contributed by atoms with Gasteiger partial charge < -0.3 is 9.80 Å². The molecule has 0 saturated carbocycles. The molecule has 0 fully saturated rings. The van der Waals surface area contributed by atoms with E-state index < -0.39 is 6.03 Å². The minimum atomic E-state index is -0.425. The van der Waals surface area contributed by atoms with Gasteiger partial charge in [-0.3, -0.25) is 4.79 Å². The van der Waals surface area contributed by atoms with E-state index >= 15 is 0 Å². The van der Waals surface area contributed by atoms with Gasteiger partial charge in [0.1, 0.15) is 5.71 Å². The van der Waals surface area contributed by atoms with Crippen molar-refractivity contribution in [1.82, 2.24) is 4.90 Å². The number of fused-ring (bicyclic) bond motifs is 1. The van der Waals surface area contributed by atoms with Crippen LogP contribution in [0.4, 0.5) is 10.5 Å². The fourth-order valence-corrected chi connectivity index (χ4v) is 1.88. The summed E-state index contributed by atoms with van der Waals surface area (Å²) in [5, 5.41) is 0. The van der Waals surface area contributed by atoms with E-state index in [9.17, 15) is 9.59 Å². The number of hydrogen-bond donors (Lipinski definition) is 0. The molecule has 0 aromatic heterocycles. The Labute approximate surface area is 106 Å². The quantitative estimate of drug-likeness (QED) is 0.753. The highest BCUT2D eigenvalue weighted by Gasteiger charge is 2.33. The van der Waals surface area contributed by atoms with Gasteiger partial charge in [0.15, 0.2) is 0 Å². The van der Waals surface area contributed by atoms with E-state index in [0.29, 0.717) is 6.54 Å². The number of urea groups is 1. The van der Waals surface area contributed by atoms with Crippen LogP contribution in [0.1, 0.15) is 12.5 Å². The number of rotatable bonds is 1. The maximum absolute atomic E-state index is 12.2. The first-order valence-electron chi connectivity index (χ1n) is 5.77. The van der Waals surface area contributed by atoms with Gasteiger partial charge in [-0.25, -0.2) is 4.79 Å². The van der Waals surface area contributed by atoms with Crippen molar-refractivity contribution in [3.05, 3.63) is 29.8 Å². The van der Waals surface area contributed by atoms with Crippen molar-refractivity contribution in [3.8, 4) is 0 Å². The molecule has 0 saturated heterocycles. The van der Waals surface area contributed by atoms with Crippen LogP contribution in [0.2, 0.25) is 0 Å². The number of para-hydroxylation sites is 1. The highest BCUT2D eigenvalue weighted by Crippen LogP contribution is 2.28. The summed E-state index contributed by atoms with van der Waals surface area (Å²) in [4.78, 5) is 30.7. The zero-order valence-electron chi connectivity index (χ0n) is 10.7. The average molecular weight is 245 g/mol. The zero-order valence-corrected chi connectivity index (χ0v) is 10.7. The maximum Gasteiger partial charge on any atom is 0.343 e. The van der Waals surface area contributed by atoms with Gasteiger partial charge >= 0.3 is 6.03 Å². The molecule has 18 heavy (non-hydrogen) atoms. The Hall–Kier alpha value is -2.17. The normalized spacial score (nSPS) is 16.1. The average Bonchev–Trinajstić information content (AvgIpc) is 2.62. The van der Waals surface area contributed by atoms with Gasteiger partial charge in [0, 0.05) is 26.2 Å². The van der Waals surface area contributed by atoms with Crippen LogP contribution in [0.25, 0.3) is 0 Å². The molecule has 1 aromatic carbocycles. The highest BCUT2D eigenvalue weighted by atomic mass is 16.2. The van der Waals surface area contributed by atoms with Crippen LogP contribution in [-0.4, -0.2) is 43.2 Å². The second-order valence-corrected chi connectivity index (χ2v) is 4.20. The monoisotopic (exact) mass is 245 g/mol. The predicted octanol–water partition coefficient (Wildman–Crippen LogP) is 1.52. The predicted molar refractivity (Wildman–Crippen MR) is 70.1 cm³/mol. The summed E-state index contributed by atoms with van der Waals surface area (Å²) in [6.07, 6.45) is 0. The number of amides is 3. The summed E-state index contributed by atoms with van der Waals surface area (Å²) in [6, 6.07) is 6.95. The lowest BCUT2D eigenvalue weighted by Gasteiger charge is -2.13. The fraction of sp³-hybridized carbons (Fsp3) is 0.308. The summed E-state index contributed by atoms with van der Waals surface area (Å²) in [5.74, 6) is -0.214. The Morgan fingerprint density at radius 1 is 1.33 bits per heavy atom. The van der Waals surface area contributed by atoms with Gasteiger partial charge in [-0.15, -0.1) is 0 Å². The molecular weight excluding hydrogens is 230 g/mol. The zero-order chi connectivity index (χ0) is 13.3. The third-order valence-corrected chi connectivity index (χ3v) is 2.80. The Morgan fingerprint density at radius 3 is 2.61 bits per heavy atom. The van der Waals surface area contributed by atoms with Gasteiger partial charge in [0.2, 0.25) is 0 Å². The van der Waals surface area contributed by atoms with E-state index in [1.165, 1.54) is 4.90 Å².